The van der Waals surface area contributed by atoms with Crippen LogP contribution in [0.3, 0.4) is 0 Å². The Morgan fingerprint density at radius 3 is 2.55 bits per heavy atom. The summed E-state index contributed by atoms with van der Waals surface area (Å²) in [5.41, 5.74) is 0.792. The second kappa shape index (κ2) is 10.9. The highest BCUT2D eigenvalue weighted by atomic mass is 16.5. The number of phenols is 1. The Hall–Kier alpha value is -3.52. The third-order valence-corrected chi connectivity index (χ3v) is 5.39. The Kier molecular flexibility index (Phi) is 7.95. The number of aromatic hydroxyl groups is 1. The molecule has 1 heterocycles. The van der Waals surface area contributed by atoms with Gasteiger partial charge in [0, 0.05) is 25.8 Å². The number of aliphatic hydroxyl groups excluding tert-OH is 1. The van der Waals surface area contributed by atoms with Crippen LogP contribution in [0.5, 0.6) is 17.2 Å². The van der Waals surface area contributed by atoms with Crippen LogP contribution in [0.25, 0.3) is 5.76 Å². The minimum atomic E-state index is -0.876. The van der Waals surface area contributed by atoms with Crippen LogP contribution < -0.4 is 9.47 Å². The maximum atomic E-state index is 13.1. The van der Waals surface area contributed by atoms with Gasteiger partial charge in [0.2, 0.25) is 0 Å². The molecule has 0 bridgehead atoms. The highest BCUT2D eigenvalue weighted by Gasteiger charge is 2.46. The Labute approximate surface area is 193 Å². The van der Waals surface area contributed by atoms with Crippen LogP contribution in [0.1, 0.15) is 36.9 Å². The van der Waals surface area contributed by atoms with E-state index < -0.39 is 17.7 Å². The van der Waals surface area contributed by atoms with Gasteiger partial charge in [-0.1, -0.05) is 25.1 Å². The van der Waals surface area contributed by atoms with E-state index in [-0.39, 0.29) is 29.4 Å². The number of aliphatic hydroxyl groups is 1. The van der Waals surface area contributed by atoms with E-state index in [0.717, 1.165) is 6.42 Å². The number of rotatable bonds is 10. The van der Waals surface area contributed by atoms with Crippen LogP contribution in [-0.4, -0.2) is 60.8 Å². The van der Waals surface area contributed by atoms with Crippen molar-refractivity contribution in [3.8, 4) is 17.2 Å². The summed E-state index contributed by atoms with van der Waals surface area (Å²) in [6.45, 7) is 3.14. The molecule has 0 aliphatic carbocycles. The molecule has 0 radical (unpaired) electrons. The summed E-state index contributed by atoms with van der Waals surface area (Å²) in [6.07, 6.45) is 1.33. The van der Waals surface area contributed by atoms with Crippen molar-refractivity contribution in [3.63, 3.8) is 0 Å². The molecular weight excluding hydrogens is 426 g/mol. The first-order valence-corrected chi connectivity index (χ1v) is 10.8. The Morgan fingerprint density at radius 1 is 1.09 bits per heavy atom. The molecule has 33 heavy (non-hydrogen) atoms. The molecular formula is C25H29NO7. The number of methoxy groups -OCH3 is 2. The van der Waals surface area contributed by atoms with Gasteiger partial charge in [0.1, 0.15) is 11.5 Å². The van der Waals surface area contributed by atoms with Gasteiger partial charge in [-0.25, -0.2) is 0 Å². The number of hydrogen-bond donors (Lipinski definition) is 2. The van der Waals surface area contributed by atoms with Gasteiger partial charge in [-0.15, -0.1) is 0 Å². The highest BCUT2D eigenvalue weighted by Crippen LogP contribution is 2.42. The first-order chi connectivity index (χ1) is 15.9. The molecule has 1 unspecified atom stereocenters. The van der Waals surface area contributed by atoms with Gasteiger partial charge >= 0.3 is 0 Å². The van der Waals surface area contributed by atoms with E-state index in [1.807, 2.05) is 6.92 Å². The first-order valence-electron chi connectivity index (χ1n) is 10.8. The van der Waals surface area contributed by atoms with Crippen LogP contribution in [-0.2, 0) is 14.3 Å². The smallest absolute Gasteiger partial charge is 0.295 e. The second-order valence-corrected chi connectivity index (χ2v) is 7.65. The molecule has 1 fully saturated rings. The Balaban J connectivity index is 2.11. The minimum Gasteiger partial charge on any atom is -0.507 e. The van der Waals surface area contributed by atoms with Crippen LogP contribution in [0.2, 0.25) is 0 Å². The number of phenolic OH excluding ortho intramolecular Hbond substituents is 1. The summed E-state index contributed by atoms with van der Waals surface area (Å²) < 4.78 is 15.8. The summed E-state index contributed by atoms with van der Waals surface area (Å²) in [4.78, 5) is 27.4. The number of Topliss-reactive ketones (excluding diaryl/α,β-unsaturated/α-hetero) is 1. The Morgan fingerprint density at radius 2 is 1.88 bits per heavy atom. The maximum absolute atomic E-state index is 13.1. The largest absolute Gasteiger partial charge is 0.507 e. The third-order valence-electron chi connectivity index (χ3n) is 5.39. The van der Waals surface area contributed by atoms with Gasteiger partial charge in [-0.3, -0.25) is 9.59 Å². The summed E-state index contributed by atoms with van der Waals surface area (Å²) in [6, 6.07) is 10.5. The van der Waals surface area contributed by atoms with E-state index in [1.54, 1.807) is 43.5 Å². The lowest BCUT2D eigenvalue weighted by atomic mass is 9.95. The van der Waals surface area contributed by atoms with E-state index in [2.05, 4.69) is 0 Å². The molecule has 1 aliphatic heterocycles. The zero-order chi connectivity index (χ0) is 24.0. The van der Waals surface area contributed by atoms with Crippen molar-refractivity contribution >= 4 is 17.4 Å². The molecule has 2 aromatic carbocycles. The van der Waals surface area contributed by atoms with Gasteiger partial charge in [-0.2, -0.15) is 0 Å². The summed E-state index contributed by atoms with van der Waals surface area (Å²) in [5, 5.41) is 21.5. The van der Waals surface area contributed by atoms with E-state index in [1.165, 1.54) is 18.1 Å². The molecule has 1 atom stereocenters. The zero-order valence-electron chi connectivity index (χ0n) is 19.0. The molecule has 2 N–H and O–H groups in total. The van der Waals surface area contributed by atoms with Crippen LogP contribution in [0.15, 0.2) is 48.0 Å². The first kappa shape index (κ1) is 24.1. The van der Waals surface area contributed by atoms with E-state index in [0.29, 0.717) is 36.5 Å². The monoisotopic (exact) mass is 455 g/mol. The summed E-state index contributed by atoms with van der Waals surface area (Å²) in [7, 11) is 2.99. The predicted octanol–water partition coefficient (Wildman–Crippen LogP) is 3.65. The van der Waals surface area contributed by atoms with Crippen LogP contribution in [0, 0.1) is 0 Å². The molecule has 3 rings (SSSR count). The topological polar surface area (TPSA) is 106 Å². The lowest BCUT2D eigenvalue weighted by Crippen LogP contribution is -2.31. The number of amides is 1. The van der Waals surface area contributed by atoms with Gasteiger partial charge in [0.25, 0.3) is 11.7 Å². The number of carbonyl (C=O) groups excluding carboxylic acids is 2. The normalized spacial score (nSPS) is 17.4. The summed E-state index contributed by atoms with van der Waals surface area (Å²) in [5.74, 6) is -1.13. The average Bonchev–Trinajstić information content (AvgIpc) is 3.07. The number of carbonyl (C=O) groups is 2. The fourth-order valence-corrected chi connectivity index (χ4v) is 3.82. The van der Waals surface area contributed by atoms with E-state index in [4.69, 9.17) is 14.2 Å². The van der Waals surface area contributed by atoms with Gasteiger partial charge in [0.15, 0.2) is 11.5 Å². The lowest BCUT2D eigenvalue weighted by molar-refractivity contribution is -0.140. The van der Waals surface area contributed by atoms with Crippen LogP contribution >= 0.6 is 0 Å². The van der Waals surface area contributed by atoms with Crippen molar-refractivity contribution in [1.82, 2.24) is 4.90 Å². The van der Waals surface area contributed by atoms with Gasteiger partial charge in [-0.05, 0) is 42.7 Å². The summed E-state index contributed by atoms with van der Waals surface area (Å²) >= 11 is 0. The molecule has 8 nitrogen and oxygen atoms in total. The fourth-order valence-electron chi connectivity index (χ4n) is 3.82. The standard InChI is InChI=1S/C25H29NO7/c1-4-12-33-18-8-5-7-17(14-18)23(28)21-22(16-9-10-20(32-3)19(27)15-16)26(11-6-13-31-2)25(30)24(21)29/h5,7-10,14-15,22,27-28H,4,6,11-13H2,1-3H3/b23-21-. The zero-order valence-corrected chi connectivity index (χ0v) is 19.0. The van der Waals surface area contributed by atoms with Crippen molar-refractivity contribution in [3.05, 3.63) is 59.2 Å². The molecule has 0 aromatic heterocycles. The number of likely N-dealkylation sites (tertiary alicyclic amines) is 1. The van der Waals surface area contributed by atoms with Crippen LogP contribution in [0.4, 0.5) is 0 Å². The number of benzene rings is 2. The van der Waals surface area contributed by atoms with Crippen molar-refractivity contribution in [2.75, 3.05) is 34.0 Å². The van der Waals surface area contributed by atoms with Gasteiger partial charge < -0.3 is 29.3 Å². The molecule has 1 aliphatic rings. The number of nitrogens with zero attached hydrogens (tertiary/aromatic N) is 1. The fraction of sp³-hybridized carbons (Fsp3) is 0.360. The lowest BCUT2D eigenvalue weighted by Gasteiger charge is -2.25. The van der Waals surface area contributed by atoms with E-state index >= 15 is 0 Å². The molecule has 176 valence electrons. The van der Waals surface area contributed by atoms with Crippen molar-refractivity contribution < 1.29 is 34.0 Å². The average molecular weight is 456 g/mol. The van der Waals surface area contributed by atoms with Crippen molar-refractivity contribution in [2.24, 2.45) is 0 Å². The molecule has 2 aromatic rings. The quantitative estimate of drug-likeness (QED) is 0.244. The predicted molar refractivity (Wildman–Crippen MR) is 122 cm³/mol. The number of ether oxygens (including phenoxy) is 3. The SMILES string of the molecule is CCCOc1cccc(/C(O)=C2/C(=O)C(=O)N(CCCOC)C2c2ccc(OC)c(O)c2)c1. The second-order valence-electron chi connectivity index (χ2n) is 7.65. The third kappa shape index (κ3) is 5.12. The minimum absolute atomic E-state index is 0.0466. The molecule has 1 saturated heterocycles. The van der Waals surface area contributed by atoms with Crippen molar-refractivity contribution in [1.29, 1.82) is 0 Å². The molecule has 0 spiro atoms. The number of ketones is 1. The highest BCUT2D eigenvalue weighted by molar-refractivity contribution is 6.46. The molecule has 0 saturated carbocycles. The van der Waals surface area contributed by atoms with Gasteiger partial charge in [0.05, 0.1) is 25.3 Å². The number of hydrogen-bond acceptors (Lipinski definition) is 7. The molecule has 8 heteroatoms. The maximum Gasteiger partial charge on any atom is 0.295 e. The molecule has 1 amide bonds. The Bertz CT molecular complexity index is 1050. The van der Waals surface area contributed by atoms with E-state index in [9.17, 15) is 19.8 Å². The van der Waals surface area contributed by atoms with Crippen molar-refractivity contribution in [2.45, 2.75) is 25.8 Å².